The topological polar surface area (TPSA) is 55.1 Å². The van der Waals surface area contributed by atoms with Gasteiger partial charge in [0.1, 0.15) is 0 Å². The average molecular weight is 313 g/mol. The second kappa shape index (κ2) is 6.34. The maximum Gasteiger partial charge on any atom is 0.240 e. The molecule has 1 atom stereocenters. The van der Waals surface area contributed by atoms with Crippen LogP contribution in [-0.4, -0.2) is 11.4 Å². The van der Waals surface area contributed by atoms with Gasteiger partial charge in [0.05, 0.1) is 11.6 Å². The van der Waals surface area contributed by atoms with Crippen molar-refractivity contribution in [3.63, 3.8) is 0 Å². The van der Waals surface area contributed by atoms with E-state index in [-0.39, 0.29) is 11.9 Å². The normalized spacial score (nSPS) is 13.2. The molecule has 0 spiro atoms. The Balaban J connectivity index is 2.73. The lowest BCUT2D eigenvalue weighted by Crippen LogP contribution is -2.53. The van der Waals surface area contributed by atoms with Crippen LogP contribution in [0.25, 0.3) is 0 Å². The number of hydrogen-bond acceptors (Lipinski definition) is 2. The summed E-state index contributed by atoms with van der Waals surface area (Å²) in [6.07, 6.45) is 1.28. The van der Waals surface area contributed by atoms with Crippen LogP contribution in [0.15, 0.2) is 28.7 Å². The van der Waals surface area contributed by atoms with Crippen molar-refractivity contribution < 1.29 is 4.79 Å². The van der Waals surface area contributed by atoms with Crippen LogP contribution in [0.1, 0.15) is 45.2 Å². The average Bonchev–Trinajstić information content (AvgIpc) is 2.38. The summed E-state index contributed by atoms with van der Waals surface area (Å²) >= 11 is 3.39. The van der Waals surface area contributed by atoms with Gasteiger partial charge in [-0.3, -0.25) is 4.79 Å². The lowest BCUT2D eigenvalue weighted by Gasteiger charge is -2.27. The Hall–Kier alpha value is -0.870. The van der Waals surface area contributed by atoms with Crippen LogP contribution >= 0.6 is 15.9 Å². The van der Waals surface area contributed by atoms with Gasteiger partial charge in [0.2, 0.25) is 5.91 Å². The Morgan fingerprint density at radius 2 is 1.83 bits per heavy atom. The van der Waals surface area contributed by atoms with E-state index in [0.717, 1.165) is 10.0 Å². The largest absolute Gasteiger partial charge is 0.348 e. The quantitative estimate of drug-likeness (QED) is 0.877. The van der Waals surface area contributed by atoms with Crippen molar-refractivity contribution in [3.05, 3.63) is 34.3 Å². The first kappa shape index (κ1) is 15.2. The lowest BCUT2D eigenvalue weighted by molar-refractivity contribution is -0.127. The molecule has 3 N–H and O–H groups in total. The van der Waals surface area contributed by atoms with Crippen LogP contribution in [0, 0.1) is 0 Å². The molecule has 0 aliphatic rings. The van der Waals surface area contributed by atoms with Gasteiger partial charge in [-0.15, -0.1) is 0 Å². The molecule has 0 saturated heterocycles. The molecule has 0 aromatic heterocycles. The van der Waals surface area contributed by atoms with Crippen LogP contribution in [0.2, 0.25) is 0 Å². The monoisotopic (exact) mass is 312 g/mol. The number of rotatable bonds is 5. The first-order valence-corrected chi connectivity index (χ1v) is 7.07. The Labute approximate surface area is 117 Å². The number of benzene rings is 1. The predicted octanol–water partition coefficient (Wildman–Crippen LogP) is 3.14. The molecular weight excluding hydrogens is 292 g/mol. The van der Waals surface area contributed by atoms with E-state index in [1.165, 1.54) is 0 Å². The van der Waals surface area contributed by atoms with Gasteiger partial charge in [-0.25, -0.2) is 0 Å². The maximum atomic E-state index is 12.1. The molecule has 1 amide bonds. The van der Waals surface area contributed by atoms with Gasteiger partial charge in [0, 0.05) is 4.47 Å². The number of nitrogens with one attached hydrogen (secondary N) is 1. The number of halogens is 1. The molecule has 1 rings (SSSR count). The zero-order valence-corrected chi connectivity index (χ0v) is 12.8. The van der Waals surface area contributed by atoms with E-state index in [0.29, 0.717) is 12.8 Å². The molecule has 0 fully saturated rings. The number of nitrogens with two attached hydrogens (primary N) is 1. The van der Waals surface area contributed by atoms with Gasteiger partial charge in [-0.1, -0.05) is 41.9 Å². The van der Waals surface area contributed by atoms with Gasteiger partial charge in [0.15, 0.2) is 0 Å². The van der Waals surface area contributed by atoms with E-state index in [2.05, 4.69) is 21.2 Å². The van der Waals surface area contributed by atoms with Crippen molar-refractivity contribution in [2.45, 2.75) is 45.2 Å². The van der Waals surface area contributed by atoms with Crippen LogP contribution in [0.4, 0.5) is 0 Å². The van der Waals surface area contributed by atoms with Crippen molar-refractivity contribution in [1.82, 2.24) is 5.32 Å². The van der Waals surface area contributed by atoms with E-state index in [1.807, 2.05) is 45.0 Å². The SMILES string of the molecule is CCC(N)(CC)C(=O)N[C@H](C)c1ccc(Br)cc1. The van der Waals surface area contributed by atoms with Gasteiger partial charge >= 0.3 is 0 Å². The molecule has 0 radical (unpaired) electrons. The standard InChI is InChI=1S/C14H21BrN2O/c1-4-14(16,5-2)13(18)17-10(3)11-6-8-12(15)9-7-11/h6-10H,4-5,16H2,1-3H3,(H,17,18)/t10-/m1/s1. The molecule has 100 valence electrons. The summed E-state index contributed by atoms with van der Waals surface area (Å²) in [7, 11) is 0. The molecule has 4 heteroatoms. The van der Waals surface area contributed by atoms with E-state index < -0.39 is 5.54 Å². The molecule has 0 heterocycles. The van der Waals surface area contributed by atoms with Crippen molar-refractivity contribution in [1.29, 1.82) is 0 Å². The fourth-order valence-corrected chi connectivity index (χ4v) is 2.01. The second-order valence-electron chi connectivity index (χ2n) is 4.61. The number of carbonyl (C=O) groups is 1. The second-order valence-corrected chi connectivity index (χ2v) is 5.53. The van der Waals surface area contributed by atoms with Crippen molar-refractivity contribution >= 4 is 21.8 Å². The number of carbonyl (C=O) groups excluding carboxylic acids is 1. The first-order valence-electron chi connectivity index (χ1n) is 6.28. The minimum Gasteiger partial charge on any atom is -0.348 e. The minimum absolute atomic E-state index is 0.0355. The first-order chi connectivity index (χ1) is 8.42. The highest BCUT2D eigenvalue weighted by molar-refractivity contribution is 9.10. The van der Waals surface area contributed by atoms with Crippen LogP contribution < -0.4 is 11.1 Å². The molecule has 3 nitrogen and oxygen atoms in total. The highest BCUT2D eigenvalue weighted by Crippen LogP contribution is 2.18. The number of hydrogen-bond donors (Lipinski definition) is 2. The fourth-order valence-electron chi connectivity index (χ4n) is 1.75. The zero-order valence-electron chi connectivity index (χ0n) is 11.2. The summed E-state index contributed by atoms with van der Waals surface area (Å²) in [5.41, 5.74) is 6.38. The van der Waals surface area contributed by atoms with Gasteiger partial charge in [-0.05, 0) is 37.5 Å². The Kier molecular flexibility index (Phi) is 5.35. The summed E-state index contributed by atoms with van der Waals surface area (Å²) in [6, 6.07) is 7.88. The molecule has 0 bridgehead atoms. The van der Waals surface area contributed by atoms with E-state index in [1.54, 1.807) is 0 Å². The molecule has 1 aromatic rings. The summed E-state index contributed by atoms with van der Waals surface area (Å²) in [4.78, 5) is 12.1. The van der Waals surface area contributed by atoms with E-state index in [9.17, 15) is 4.79 Å². The molecule has 0 saturated carbocycles. The fraction of sp³-hybridized carbons (Fsp3) is 0.500. The van der Waals surface area contributed by atoms with Crippen LogP contribution in [0.3, 0.4) is 0 Å². The Morgan fingerprint density at radius 3 is 2.28 bits per heavy atom. The summed E-state index contributed by atoms with van der Waals surface area (Å²) in [6.45, 7) is 5.84. The van der Waals surface area contributed by atoms with Gasteiger partial charge in [0.25, 0.3) is 0 Å². The Bertz CT molecular complexity index is 399. The highest BCUT2D eigenvalue weighted by Gasteiger charge is 2.30. The van der Waals surface area contributed by atoms with Crippen molar-refractivity contribution in [3.8, 4) is 0 Å². The van der Waals surface area contributed by atoms with Crippen molar-refractivity contribution in [2.75, 3.05) is 0 Å². The Morgan fingerprint density at radius 1 is 1.33 bits per heavy atom. The number of amides is 1. The zero-order chi connectivity index (χ0) is 13.8. The van der Waals surface area contributed by atoms with E-state index in [4.69, 9.17) is 5.73 Å². The molecular formula is C14H21BrN2O. The third kappa shape index (κ3) is 3.56. The van der Waals surface area contributed by atoms with Crippen LogP contribution in [0.5, 0.6) is 0 Å². The molecule has 0 aliphatic heterocycles. The lowest BCUT2D eigenvalue weighted by atomic mass is 9.92. The highest BCUT2D eigenvalue weighted by atomic mass is 79.9. The maximum absolute atomic E-state index is 12.1. The molecule has 0 aliphatic carbocycles. The van der Waals surface area contributed by atoms with E-state index >= 15 is 0 Å². The van der Waals surface area contributed by atoms with Crippen molar-refractivity contribution in [2.24, 2.45) is 5.73 Å². The molecule has 0 unspecified atom stereocenters. The van der Waals surface area contributed by atoms with Gasteiger partial charge in [-0.2, -0.15) is 0 Å². The minimum atomic E-state index is -0.760. The predicted molar refractivity (Wildman–Crippen MR) is 78.2 cm³/mol. The third-order valence-corrected chi connectivity index (χ3v) is 3.96. The summed E-state index contributed by atoms with van der Waals surface area (Å²) in [5, 5.41) is 2.98. The smallest absolute Gasteiger partial charge is 0.240 e. The third-order valence-electron chi connectivity index (χ3n) is 3.43. The van der Waals surface area contributed by atoms with Crippen LogP contribution in [-0.2, 0) is 4.79 Å². The summed E-state index contributed by atoms with van der Waals surface area (Å²) < 4.78 is 1.03. The summed E-state index contributed by atoms with van der Waals surface area (Å²) in [5.74, 6) is -0.0806. The van der Waals surface area contributed by atoms with Gasteiger partial charge < -0.3 is 11.1 Å². The molecule has 18 heavy (non-hydrogen) atoms. The molecule has 1 aromatic carbocycles.